The summed E-state index contributed by atoms with van der Waals surface area (Å²) in [7, 11) is 0. The topological polar surface area (TPSA) is 130 Å². The van der Waals surface area contributed by atoms with E-state index in [4.69, 9.17) is 4.74 Å². The van der Waals surface area contributed by atoms with Gasteiger partial charge in [-0.1, -0.05) is 48.5 Å². The van der Waals surface area contributed by atoms with Gasteiger partial charge < -0.3 is 14.2 Å². The van der Waals surface area contributed by atoms with Crippen molar-refractivity contribution in [3.63, 3.8) is 0 Å². The quantitative estimate of drug-likeness (QED) is 0.247. The Bertz CT molecular complexity index is 1600. The molecule has 4 aromatic rings. The summed E-state index contributed by atoms with van der Waals surface area (Å²) in [6.07, 6.45) is 0. The fourth-order valence-electron chi connectivity index (χ4n) is 4.42. The average molecular weight is 466 g/mol. The average Bonchev–Trinajstić information content (AvgIpc) is 3.31. The third-order valence-electron chi connectivity index (χ3n) is 5.93. The van der Waals surface area contributed by atoms with Crippen LogP contribution in [0, 0.1) is 0 Å². The predicted octanol–water partition coefficient (Wildman–Crippen LogP) is 3.61. The molecule has 35 heavy (non-hydrogen) atoms. The predicted molar refractivity (Wildman–Crippen MR) is 117 cm³/mol. The molecular weight excluding hydrogens is 456 g/mol. The molecule has 0 amide bonds. The highest BCUT2D eigenvalue weighted by Crippen LogP contribution is 2.34. The van der Waals surface area contributed by atoms with E-state index in [1.807, 2.05) is 0 Å². The second-order valence-electron chi connectivity index (χ2n) is 7.82. The molecule has 0 unspecified atom stereocenters. The van der Waals surface area contributed by atoms with Crippen LogP contribution >= 0.6 is 0 Å². The normalized spacial score (nSPS) is 14.1. The van der Waals surface area contributed by atoms with Crippen molar-refractivity contribution < 1.29 is 43.0 Å². The van der Waals surface area contributed by atoms with E-state index in [0.29, 0.717) is 10.8 Å². The number of fused-ring (bicyclic) bond motifs is 6. The lowest BCUT2D eigenvalue weighted by atomic mass is 9.95. The lowest BCUT2D eigenvalue weighted by molar-refractivity contribution is 0.0394. The van der Waals surface area contributed by atoms with Crippen molar-refractivity contribution in [2.24, 2.45) is 0 Å². The first-order valence-electron chi connectivity index (χ1n) is 10.3. The zero-order valence-corrected chi connectivity index (χ0v) is 17.4. The molecule has 0 spiro atoms. The zero-order chi connectivity index (χ0) is 24.4. The summed E-state index contributed by atoms with van der Waals surface area (Å²) in [6.45, 7) is 0. The summed E-state index contributed by atoms with van der Waals surface area (Å²) >= 11 is 0. The number of cyclic esters (lactones) is 4. The van der Waals surface area contributed by atoms with Gasteiger partial charge in [0.1, 0.15) is 0 Å². The zero-order valence-electron chi connectivity index (χ0n) is 17.4. The number of carbonyl (C=O) groups is 6. The molecule has 9 heteroatoms. The van der Waals surface area contributed by atoms with Gasteiger partial charge in [-0.2, -0.15) is 0 Å². The summed E-state index contributed by atoms with van der Waals surface area (Å²) in [4.78, 5) is 74.7. The van der Waals surface area contributed by atoms with Crippen molar-refractivity contribution in [2.45, 2.75) is 0 Å². The van der Waals surface area contributed by atoms with Crippen LogP contribution in [-0.4, -0.2) is 35.8 Å². The number of rotatable bonds is 2. The van der Waals surface area contributed by atoms with Gasteiger partial charge in [0, 0.05) is 0 Å². The van der Waals surface area contributed by atoms with Crippen molar-refractivity contribution in [3.8, 4) is 0 Å². The van der Waals surface area contributed by atoms with Crippen LogP contribution in [0.5, 0.6) is 0 Å². The van der Waals surface area contributed by atoms with Gasteiger partial charge in [-0.3, -0.25) is 0 Å². The van der Waals surface area contributed by atoms with E-state index < -0.39 is 35.8 Å². The van der Waals surface area contributed by atoms with E-state index in [1.165, 1.54) is 0 Å². The lowest BCUT2D eigenvalue weighted by Crippen LogP contribution is -2.15. The highest BCUT2D eigenvalue weighted by molar-refractivity contribution is 6.26. The van der Waals surface area contributed by atoms with Crippen molar-refractivity contribution in [1.29, 1.82) is 0 Å². The van der Waals surface area contributed by atoms with Gasteiger partial charge >= 0.3 is 35.8 Å². The minimum Gasteiger partial charge on any atom is -0.386 e. The number of esters is 6. The molecule has 0 fully saturated rings. The van der Waals surface area contributed by atoms with Crippen LogP contribution in [0.1, 0.15) is 62.1 Å². The Morgan fingerprint density at radius 1 is 0.543 bits per heavy atom. The minimum absolute atomic E-state index is 0.0290. The second kappa shape index (κ2) is 7.16. The molecule has 0 aromatic heterocycles. The molecule has 0 atom stereocenters. The van der Waals surface area contributed by atoms with E-state index >= 15 is 0 Å². The highest BCUT2D eigenvalue weighted by Gasteiger charge is 2.36. The van der Waals surface area contributed by atoms with E-state index in [9.17, 15) is 28.8 Å². The third kappa shape index (κ3) is 2.88. The van der Waals surface area contributed by atoms with Gasteiger partial charge in [-0.25, -0.2) is 28.8 Å². The molecule has 4 aromatic carbocycles. The largest absolute Gasteiger partial charge is 0.386 e. The molecule has 0 bridgehead atoms. The molecule has 9 nitrogen and oxygen atoms in total. The number of hydrogen-bond acceptors (Lipinski definition) is 9. The summed E-state index contributed by atoms with van der Waals surface area (Å²) in [5.74, 6) is -5.65. The van der Waals surface area contributed by atoms with Crippen LogP contribution < -0.4 is 0 Å². The minimum atomic E-state index is -1.08. The first-order chi connectivity index (χ1) is 16.8. The van der Waals surface area contributed by atoms with Crippen LogP contribution in [0.2, 0.25) is 0 Å². The van der Waals surface area contributed by atoms with Gasteiger partial charge in [0.25, 0.3) is 0 Å². The third-order valence-corrected chi connectivity index (χ3v) is 5.93. The monoisotopic (exact) mass is 466 g/mol. The first-order valence-corrected chi connectivity index (χ1v) is 10.3. The summed E-state index contributed by atoms with van der Waals surface area (Å²) in [6, 6.07) is 14.9. The van der Waals surface area contributed by atoms with E-state index in [0.717, 1.165) is 12.1 Å². The molecule has 168 valence electrons. The summed E-state index contributed by atoms with van der Waals surface area (Å²) in [5.41, 5.74) is -0.420. The van der Waals surface area contributed by atoms with Crippen molar-refractivity contribution in [2.75, 3.05) is 0 Å². The van der Waals surface area contributed by atoms with Crippen LogP contribution in [0.25, 0.3) is 21.5 Å². The van der Waals surface area contributed by atoms with Gasteiger partial charge in [-0.05, 0) is 33.7 Å². The Morgan fingerprint density at radius 2 is 0.914 bits per heavy atom. The SMILES string of the molecule is O=C1OC(=O)c2c1cc(C(=O)OC(=O)c1cc3c(c4ccccc14)C(=O)OC3=O)c1ccccc21. The van der Waals surface area contributed by atoms with Crippen LogP contribution in [-0.2, 0) is 14.2 Å². The standard InChI is InChI=1S/C26H10O9/c27-21(15-9-17-19(25(31)34-23(17)29)13-7-3-1-5-11(13)15)33-22(28)16-10-18-20(26(32)35-24(18)30)14-8-4-2-6-12(14)16/h1-10H. The molecule has 0 saturated heterocycles. The molecule has 2 aliphatic heterocycles. The lowest BCUT2D eigenvalue weighted by Gasteiger charge is -2.11. The maximum absolute atomic E-state index is 13.1. The van der Waals surface area contributed by atoms with E-state index in [-0.39, 0.29) is 44.2 Å². The van der Waals surface area contributed by atoms with Gasteiger partial charge in [-0.15, -0.1) is 0 Å². The Morgan fingerprint density at radius 3 is 1.31 bits per heavy atom. The van der Waals surface area contributed by atoms with Crippen LogP contribution in [0.15, 0.2) is 60.7 Å². The molecule has 0 radical (unpaired) electrons. The maximum Gasteiger partial charge on any atom is 0.347 e. The van der Waals surface area contributed by atoms with Crippen molar-refractivity contribution in [3.05, 3.63) is 94.0 Å². The maximum atomic E-state index is 13.1. The number of benzene rings is 4. The van der Waals surface area contributed by atoms with Gasteiger partial charge in [0.15, 0.2) is 0 Å². The second-order valence-corrected chi connectivity index (χ2v) is 7.82. The number of hydrogen-bond donors (Lipinski definition) is 0. The fourth-order valence-corrected chi connectivity index (χ4v) is 4.42. The van der Waals surface area contributed by atoms with Crippen molar-refractivity contribution in [1.82, 2.24) is 0 Å². The molecule has 2 heterocycles. The number of ether oxygens (including phenoxy) is 3. The summed E-state index contributed by atoms with van der Waals surface area (Å²) in [5, 5.41) is 1.15. The van der Waals surface area contributed by atoms with Gasteiger partial charge in [0.05, 0.1) is 33.4 Å². The molecular formula is C26H10O9. The Labute approximate surface area is 194 Å². The number of carbonyl (C=O) groups excluding carboxylic acids is 6. The molecule has 0 N–H and O–H groups in total. The Balaban J connectivity index is 1.46. The van der Waals surface area contributed by atoms with E-state index in [2.05, 4.69) is 9.47 Å². The molecule has 6 rings (SSSR count). The molecule has 0 aliphatic carbocycles. The first kappa shape index (κ1) is 20.4. The van der Waals surface area contributed by atoms with E-state index in [1.54, 1.807) is 48.5 Å². The molecule has 0 saturated carbocycles. The molecule has 2 aliphatic rings. The Kier molecular flexibility index (Phi) is 4.18. The Hall–Kier alpha value is -5.18. The smallest absolute Gasteiger partial charge is 0.347 e. The van der Waals surface area contributed by atoms with Crippen LogP contribution in [0.3, 0.4) is 0 Å². The van der Waals surface area contributed by atoms with Crippen molar-refractivity contribution >= 4 is 57.4 Å². The van der Waals surface area contributed by atoms with Gasteiger partial charge in [0.2, 0.25) is 0 Å². The fraction of sp³-hybridized carbons (Fsp3) is 0. The van der Waals surface area contributed by atoms with Crippen LogP contribution in [0.4, 0.5) is 0 Å². The highest BCUT2D eigenvalue weighted by atomic mass is 16.6. The summed E-state index contributed by atoms with van der Waals surface area (Å²) < 4.78 is 14.5.